The van der Waals surface area contributed by atoms with Crippen LogP contribution in [-0.2, 0) is 0 Å². The van der Waals surface area contributed by atoms with Crippen molar-refractivity contribution in [3.05, 3.63) is 77.1 Å². The Morgan fingerprint density at radius 3 is 2.45 bits per heavy atom. The van der Waals surface area contributed by atoms with Gasteiger partial charge in [-0.25, -0.2) is 4.68 Å². The first-order valence-corrected chi connectivity index (χ1v) is 10.9. The largest absolute Gasteiger partial charge is 0.496 e. The molecule has 1 atom stereocenters. The lowest BCUT2D eigenvalue weighted by atomic mass is 10.0. The summed E-state index contributed by atoms with van der Waals surface area (Å²) in [5, 5.41) is 7.80. The first kappa shape index (κ1) is 21.1. The van der Waals surface area contributed by atoms with Crippen LogP contribution >= 0.6 is 0 Å². The van der Waals surface area contributed by atoms with Gasteiger partial charge in [-0.05, 0) is 58.0 Å². The molecule has 1 aliphatic heterocycles. The van der Waals surface area contributed by atoms with E-state index in [9.17, 15) is 4.79 Å². The van der Waals surface area contributed by atoms with Gasteiger partial charge in [0.05, 0.1) is 35.8 Å². The van der Waals surface area contributed by atoms with Crippen molar-refractivity contribution in [2.24, 2.45) is 0 Å². The lowest BCUT2D eigenvalue weighted by Gasteiger charge is -2.29. The highest BCUT2D eigenvalue weighted by Gasteiger charge is 2.27. The topological polar surface area (TPSA) is 59.4 Å². The summed E-state index contributed by atoms with van der Waals surface area (Å²) in [6.45, 7) is 6.42. The number of aromatic nitrogens is 2. The maximum Gasteiger partial charge on any atom is 0.255 e. The maximum absolute atomic E-state index is 13.2. The average molecular weight is 419 g/mol. The summed E-state index contributed by atoms with van der Waals surface area (Å²) < 4.78 is 7.45. The summed E-state index contributed by atoms with van der Waals surface area (Å²) >= 11 is 0. The minimum atomic E-state index is -0.0868. The molecule has 3 aromatic rings. The molecule has 6 nitrogen and oxygen atoms in total. The van der Waals surface area contributed by atoms with Crippen LogP contribution in [-0.4, -0.2) is 47.3 Å². The second-order valence-electron chi connectivity index (χ2n) is 8.00. The molecule has 1 saturated heterocycles. The van der Waals surface area contributed by atoms with Gasteiger partial charge in [0.15, 0.2) is 0 Å². The van der Waals surface area contributed by atoms with Gasteiger partial charge in [0.25, 0.3) is 5.91 Å². The van der Waals surface area contributed by atoms with Gasteiger partial charge in [0.1, 0.15) is 5.75 Å². The van der Waals surface area contributed by atoms with E-state index in [2.05, 4.69) is 21.4 Å². The Balaban J connectivity index is 1.57. The molecule has 0 aliphatic carbocycles. The molecule has 0 saturated carbocycles. The number of aryl methyl sites for hydroxylation is 1. The standard InChI is InChI=1S/C25H30N4O2/c1-18-24(19(2)29(27-18)20-11-5-4-6-12-20)25(30)26-17-22(28-15-9-10-16-28)21-13-7-8-14-23(21)31-3/h4-8,11-14,22H,9-10,15-17H2,1-3H3,(H,26,30). The van der Waals surface area contributed by atoms with E-state index in [-0.39, 0.29) is 11.9 Å². The van der Waals surface area contributed by atoms with Gasteiger partial charge in [-0.2, -0.15) is 5.10 Å². The summed E-state index contributed by atoms with van der Waals surface area (Å²) in [6.07, 6.45) is 2.36. The molecule has 0 radical (unpaired) electrons. The molecule has 0 bridgehead atoms. The lowest BCUT2D eigenvalue weighted by molar-refractivity contribution is 0.0936. The maximum atomic E-state index is 13.2. The lowest BCUT2D eigenvalue weighted by Crippen LogP contribution is -2.37. The number of methoxy groups -OCH3 is 1. The first-order valence-electron chi connectivity index (χ1n) is 10.9. The number of nitrogens with one attached hydrogen (secondary N) is 1. The number of likely N-dealkylation sites (tertiary alicyclic amines) is 1. The van der Waals surface area contributed by atoms with Crippen molar-refractivity contribution in [3.63, 3.8) is 0 Å². The Hall–Kier alpha value is -3.12. The third-order valence-corrected chi connectivity index (χ3v) is 6.05. The highest BCUT2D eigenvalue weighted by Crippen LogP contribution is 2.31. The van der Waals surface area contributed by atoms with Crippen LogP contribution in [0.15, 0.2) is 54.6 Å². The number of para-hydroxylation sites is 2. The molecule has 31 heavy (non-hydrogen) atoms. The number of rotatable bonds is 7. The molecule has 1 N–H and O–H groups in total. The molecule has 1 unspecified atom stereocenters. The smallest absolute Gasteiger partial charge is 0.255 e. The molecule has 162 valence electrons. The Labute approximate surface area is 183 Å². The monoisotopic (exact) mass is 418 g/mol. The van der Waals surface area contributed by atoms with Crippen molar-refractivity contribution in [3.8, 4) is 11.4 Å². The summed E-state index contributed by atoms with van der Waals surface area (Å²) in [5.41, 5.74) is 4.28. The van der Waals surface area contributed by atoms with Gasteiger partial charge < -0.3 is 10.1 Å². The first-order chi connectivity index (χ1) is 15.1. The van der Waals surface area contributed by atoms with E-state index in [1.807, 2.05) is 67.1 Å². The molecule has 6 heteroatoms. The molecule has 1 aromatic heterocycles. The molecule has 2 aromatic carbocycles. The van der Waals surface area contributed by atoms with Crippen molar-refractivity contribution in [2.75, 3.05) is 26.7 Å². The number of ether oxygens (including phenoxy) is 1. The van der Waals surface area contributed by atoms with E-state index >= 15 is 0 Å². The summed E-state index contributed by atoms with van der Waals surface area (Å²) in [7, 11) is 1.70. The fourth-order valence-corrected chi connectivity index (χ4v) is 4.50. The van der Waals surface area contributed by atoms with E-state index in [0.717, 1.165) is 41.5 Å². The zero-order valence-electron chi connectivity index (χ0n) is 18.5. The van der Waals surface area contributed by atoms with Gasteiger partial charge in [0.2, 0.25) is 0 Å². The molecular weight excluding hydrogens is 388 g/mol. The normalized spacial score (nSPS) is 15.1. The van der Waals surface area contributed by atoms with Crippen LogP contribution in [0.1, 0.15) is 46.2 Å². The van der Waals surface area contributed by atoms with Crippen molar-refractivity contribution in [1.29, 1.82) is 0 Å². The predicted molar refractivity (Wildman–Crippen MR) is 122 cm³/mol. The Bertz CT molecular complexity index is 1040. The molecule has 2 heterocycles. The van der Waals surface area contributed by atoms with Crippen LogP contribution in [0.5, 0.6) is 5.75 Å². The zero-order chi connectivity index (χ0) is 21.8. The van der Waals surface area contributed by atoms with Crippen molar-refractivity contribution in [2.45, 2.75) is 32.7 Å². The van der Waals surface area contributed by atoms with Crippen LogP contribution in [0.2, 0.25) is 0 Å². The predicted octanol–water partition coefficient (Wildman–Crippen LogP) is 4.06. The number of nitrogens with zero attached hydrogens (tertiary/aromatic N) is 3. The molecular formula is C25H30N4O2. The summed E-state index contributed by atoms with van der Waals surface area (Å²) in [5.74, 6) is 0.772. The third kappa shape index (κ3) is 4.35. The average Bonchev–Trinajstić information content (AvgIpc) is 3.43. The number of carbonyl (C=O) groups is 1. The Morgan fingerprint density at radius 1 is 1.06 bits per heavy atom. The third-order valence-electron chi connectivity index (χ3n) is 6.05. The van der Waals surface area contributed by atoms with Crippen LogP contribution < -0.4 is 10.1 Å². The fraction of sp³-hybridized carbons (Fsp3) is 0.360. The van der Waals surface area contributed by atoms with Crippen LogP contribution in [0.25, 0.3) is 5.69 Å². The molecule has 0 spiro atoms. The van der Waals surface area contributed by atoms with Gasteiger partial charge >= 0.3 is 0 Å². The van der Waals surface area contributed by atoms with E-state index in [0.29, 0.717) is 12.1 Å². The van der Waals surface area contributed by atoms with E-state index in [4.69, 9.17) is 4.74 Å². The van der Waals surface area contributed by atoms with Crippen LogP contribution in [0, 0.1) is 13.8 Å². The number of carbonyl (C=O) groups excluding carboxylic acids is 1. The van der Waals surface area contributed by atoms with Gasteiger partial charge in [-0.1, -0.05) is 36.4 Å². The fourth-order valence-electron chi connectivity index (χ4n) is 4.50. The quantitative estimate of drug-likeness (QED) is 0.629. The number of hydrogen-bond donors (Lipinski definition) is 1. The molecule has 1 aliphatic rings. The van der Waals surface area contributed by atoms with Gasteiger partial charge in [-0.3, -0.25) is 9.69 Å². The van der Waals surface area contributed by atoms with Crippen molar-refractivity contribution >= 4 is 5.91 Å². The second kappa shape index (κ2) is 9.35. The highest BCUT2D eigenvalue weighted by atomic mass is 16.5. The SMILES string of the molecule is COc1ccccc1C(CNC(=O)c1c(C)nn(-c2ccccc2)c1C)N1CCCC1. The number of benzene rings is 2. The minimum absolute atomic E-state index is 0.0763. The van der Waals surface area contributed by atoms with Crippen molar-refractivity contribution < 1.29 is 9.53 Å². The van der Waals surface area contributed by atoms with Gasteiger partial charge in [-0.15, -0.1) is 0 Å². The molecule has 1 fully saturated rings. The number of hydrogen-bond acceptors (Lipinski definition) is 4. The number of amides is 1. The van der Waals surface area contributed by atoms with E-state index in [1.165, 1.54) is 12.8 Å². The highest BCUT2D eigenvalue weighted by molar-refractivity contribution is 5.96. The van der Waals surface area contributed by atoms with Gasteiger partial charge in [0, 0.05) is 12.1 Å². The second-order valence-corrected chi connectivity index (χ2v) is 8.00. The van der Waals surface area contributed by atoms with E-state index in [1.54, 1.807) is 7.11 Å². The van der Waals surface area contributed by atoms with Crippen molar-refractivity contribution in [1.82, 2.24) is 20.0 Å². The summed E-state index contributed by atoms with van der Waals surface area (Å²) in [4.78, 5) is 15.7. The Morgan fingerprint density at radius 2 is 1.74 bits per heavy atom. The van der Waals surface area contributed by atoms with Crippen LogP contribution in [0.4, 0.5) is 0 Å². The zero-order valence-corrected chi connectivity index (χ0v) is 18.5. The minimum Gasteiger partial charge on any atom is -0.496 e. The molecule has 1 amide bonds. The van der Waals surface area contributed by atoms with Crippen LogP contribution in [0.3, 0.4) is 0 Å². The summed E-state index contributed by atoms with van der Waals surface area (Å²) in [6, 6.07) is 18.1. The molecule has 4 rings (SSSR count). The van der Waals surface area contributed by atoms with E-state index < -0.39 is 0 Å². The Kier molecular flexibility index (Phi) is 6.37.